The molecular weight excluding hydrogens is 183 g/mol. The van der Waals surface area contributed by atoms with E-state index in [0.717, 1.165) is 0 Å². The maximum absolute atomic E-state index is 7.26. The molecule has 0 atom stereocenters. The van der Waals surface area contributed by atoms with Crippen LogP contribution in [0.25, 0.3) is 0 Å². The van der Waals surface area contributed by atoms with E-state index in [1.54, 1.807) is 0 Å². The van der Waals surface area contributed by atoms with Crippen molar-refractivity contribution in [3.05, 3.63) is 0 Å². The van der Waals surface area contributed by atoms with E-state index < -0.39 is 0 Å². The van der Waals surface area contributed by atoms with Crippen LogP contribution < -0.4 is 0 Å². The molecule has 0 spiro atoms. The van der Waals surface area contributed by atoms with Crippen molar-refractivity contribution >= 4 is 0 Å². The molecule has 0 aromatic carbocycles. The molecule has 0 fully saturated rings. The third kappa shape index (κ3) is 12.3. The van der Waals surface area contributed by atoms with Gasteiger partial charge in [0, 0.05) is 48.9 Å². The predicted molar refractivity (Wildman–Crippen MR) is 11.2 cm³/mol. The molecule has 0 rings (SSSR count). The third-order valence-corrected chi connectivity index (χ3v) is 0.0500. The molecule has 2 nitrogen and oxygen atoms in total. The van der Waals surface area contributed by atoms with Crippen LogP contribution in [-0.4, -0.2) is 0 Å². The third-order valence-electron chi connectivity index (χ3n) is 0.0500. The molecule has 5 heavy (non-hydrogen) atoms. The molecular formula is C2N2Xe. The van der Waals surface area contributed by atoms with Crippen LogP contribution in [-0.2, 0) is 0 Å². The number of hydrogen-bond donors (Lipinski definition) is 0. The molecule has 26 valence electrons. The molecule has 0 aliphatic rings. The Hall–Kier alpha value is 0.551. The Morgan fingerprint density at radius 2 is 1.20 bits per heavy atom. The van der Waals surface area contributed by atoms with Gasteiger partial charge in [-0.25, -0.2) is 0 Å². The van der Waals surface area contributed by atoms with Crippen molar-refractivity contribution in [1.29, 1.82) is 10.5 Å². The summed E-state index contributed by atoms with van der Waals surface area (Å²) in [7, 11) is 0. The monoisotopic (exact) mass is 184 g/mol. The Labute approximate surface area is 70.5 Å². The molecule has 0 saturated heterocycles. The Bertz CT molecular complexity index is 62.6. The summed E-state index contributed by atoms with van der Waals surface area (Å²) >= 11 is 0. The summed E-state index contributed by atoms with van der Waals surface area (Å²) in [6.07, 6.45) is 0. The summed E-state index contributed by atoms with van der Waals surface area (Å²) < 4.78 is 0. The molecule has 0 aromatic rings. The quantitative estimate of drug-likeness (QED) is 0.532. The average Bonchev–Trinajstić information content (AvgIpc) is 1.37. The summed E-state index contributed by atoms with van der Waals surface area (Å²) in [6.45, 7) is 0. The first kappa shape index (κ1) is 9.12. The van der Waals surface area contributed by atoms with Gasteiger partial charge in [0.05, 0.1) is 0 Å². The molecule has 0 radical (unpaired) electrons. The Morgan fingerprint density at radius 3 is 1.20 bits per heavy atom. The molecule has 0 aromatic heterocycles. The molecule has 0 unspecified atom stereocenters. The van der Waals surface area contributed by atoms with Gasteiger partial charge >= 0.3 is 0 Å². The fourth-order valence-electron chi connectivity index (χ4n) is 0. The maximum Gasteiger partial charge on any atom is 0.181 e. The predicted octanol–water partition coefficient (Wildman–Crippen LogP) is 0.0336. The molecule has 0 aliphatic carbocycles. The van der Waals surface area contributed by atoms with Crippen molar-refractivity contribution < 1.29 is 48.9 Å². The van der Waals surface area contributed by atoms with E-state index in [1.807, 2.05) is 0 Å². The van der Waals surface area contributed by atoms with Crippen LogP contribution in [0.3, 0.4) is 0 Å². The zero-order chi connectivity index (χ0) is 3.41. The van der Waals surface area contributed by atoms with Gasteiger partial charge < -0.3 is 0 Å². The van der Waals surface area contributed by atoms with Crippen molar-refractivity contribution in [2.45, 2.75) is 0 Å². The summed E-state index contributed by atoms with van der Waals surface area (Å²) in [5.74, 6) is 0. The van der Waals surface area contributed by atoms with E-state index in [1.165, 1.54) is 12.1 Å². The first-order chi connectivity index (χ1) is 1.91. The second-order valence-electron chi connectivity index (χ2n) is 0.224. The molecule has 0 aliphatic heterocycles. The molecule has 0 bridgehead atoms. The minimum Gasteiger partial charge on any atom is -0.181 e. The van der Waals surface area contributed by atoms with Gasteiger partial charge in [0.15, 0.2) is 12.1 Å². The van der Waals surface area contributed by atoms with Gasteiger partial charge in [0.1, 0.15) is 0 Å². The fourth-order valence-corrected chi connectivity index (χ4v) is 0. The van der Waals surface area contributed by atoms with E-state index in [4.69, 9.17) is 10.5 Å². The van der Waals surface area contributed by atoms with E-state index >= 15 is 0 Å². The topological polar surface area (TPSA) is 47.6 Å². The zero-order valence-electron chi connectivity index (χ0n) is 2.25. The van der Waals surface area contributed by atoms with Gasteiger partial charge in [-0.2, -0.15) is 10.5 Å². The zero-order valence-corrected chi connectivity index (χ0v) is 4.27. The molecule has 0 heterocycles. The maximum atomic E-state index is 7.26. The standard InChI is InChI=1S/C2N2.Xe/c3-1-2-4;. The van der Waals surface area contributed by atoms with Crippen LogP contribution in [0.4, 0.5) is 0 Å². The van der Waals surface area contributed by atoms with Crippen LogP contribution in [0.5, 0.6) is 0 Å². The minimum absolute atomic E-state index is 0. The van der Waals surface area contributed by atoms with Gasteiger partial charge in [0.2, 0.25) is 0 Å². The van der Waals surface area contributed by atoms with Gasteiger partial charge in [-0.05, 0) is 0 Å². The van der Waals surface area contributed by atoms with E-state index in [0.29, 0.717) is 0 Å². The second-order valence-corrected chi connectivity index (χ2v) is 0.224. The van der Waals surface area contributed by atoms with E-state index in [9.17, 15) is 0 Å². The Kier molecular flexibility index (Phi) is 16.1. The van der Waals surface area contributed by atoms with Crippen molar-refractivity contribution in [1.82, 2.24) is 0 Å². The van der Waals surface area contributed by atoms with Crippen LogP contribution in [0.15, 0.2) is 0 Å². The Balaban J connectivity index is 0. The fraction of sp³-hybridized carbons (Fsp3) is 0. The molecule has 0 saturated carbocycles. The Morgan fingerprint density at radius 1 is 1.00 bits per heavy atom. The van der Waals surface area contributed by atoms with Gasteiger partial charge in [-0.15, -0.1) is 0 Å². The molecule has 0 amide bonds. The summed E-state index contributed by atoms with van der Waals surface area (Å²) in [5.41, 5.74) is 0. The number of hydrogen-bond acceptors (Lipinski definition) is 2. The van der Waals surface area contributed by atoms with Crippen LogP contribution >= 0.6 is 0 Å². The largest absolute Gasteiger partial charge is 0.181 e. The smallest absolute Gasteiger partial charge is 0.181 e. The van der Waals surface area contributed by atoms with Crippen molar-refractivity contribution in [3.63, 3.8) is 0 Å². The van der Waals surface area contributed by atoms with E-state index in [2.05, 4.69) is 0 Å². The van der Waals surface area contributed by atoms with E-state index in [-0.39, 0.29) is 48.9 Å². The average molecular weight is 183 g/mol. The number of nitriles is 2. The van der Waals surface area contributed by atoms with Crippen LogP contribution in [0.2, 0.25) is 0 Å². The molecule has 3 heteroatoms. The SMILES string of the molecule is N#CC#N.[Xe]. The first-order valence-electron chi connectivity index (χ1n) is 0.697. The van der Waals surface area contributed by atoms with Crippen LogP contribution in [0.1, 0.15) is 0 Å². The van der Waals surface area contributed by atoms with Crippen molar-refractivity contribution in [2.75, 3.05) is 0 Å². The van der Waals surface area contributed by atoms with Crippen molar-refractivity contribution in [2.24, 2.45) is 0 Å². The van der Waals surface area contributed by atoms with Crippen LogP contribution in [0, 0.1) is 71.5 Å². The first-order valence-corrected chi connectivity index (χ1v) is 0.697. The second kappa shape index (κ2) is 8.82. The minimum atomic E-state index is 0. The number of rotatable bonds is 0. The van der Waals surface area contributed by atoms with Gasteiger partial charge in [-0.3, -0.25) is 0 Å². The summed E-state index contributed by atoms with van der Waals surface area (Å²) in [5, 5.41) is 14.5. The molecule has 0 N–H and O–H groups in total. The number of nitrogens with zero attached hydrogens (tertiary/aromatic N) is 2. The van der Waals surface area contributed by atoms with Gasteiger partial charge in [-0.1, -0.05) is 0 Å². The van der Waals surface area contributed by atoms with Crippen molar-refractivity contribution in [3.8, 4) is 12.1 Å². The normalized spacial score (nSPS) is 2.00. The van der Waals surface area contributed by atoms with Gasteiger partial charge in [0.25, 0.3) is 0 Å². The summed E-state index contributed by atoms with van der Waals surface area (Å²) in [6, 6.07) is 2.47. The summed E-state index contributed by atoms with van der Waals surface area (Å²) in [4.78, 5) is 0.